The molecule has 0 saturated heterocycles. The van der Waals surface area contributed by atoms with Crippen LogP contribution in [0.1, 0.15) is 49.5 Å². The maximum Gasteiger partial charge on any atom is 0.251 e. The van der Waals surface area contributed by atoms with E-state index < -0.39 is 0 Å². The Morgan fingerprint density at radius 3 is 2.41 bits per heavy atom. The van der Waals surface area contributed by atoms with E-state index in [2.05, 4.69) is 29.4 Å². The molecule has 0 spiro atoms. The number of nitrogens with one attached hydrogen (secondary N) is 2. The van der Waals surface area contributed by atoms with Crippen LogP contribution in [0.5, 0.6) is 0 Å². The molecule has 0 aliphatic heterocycles. The van der Waals surface area contributed by atoms with Crippen LogP contribution in [0.4, 0.5) is 11.4 Å². The molecule has 0 atom stereocenters. The Morgan fingerprint density at radius 1 is 1.04 bits per heavy atom. The fourth-order valence-electron chi connectivity index (χ4n) is 2.89. The summed E-state index contributed by atoms with van der Waals surface area (Å²) in [5.74, 6) is -0.223. The number of benzene rings is 2. The molecule has 2 N–H and O–H groups in total. The number of hydrogen-bond donors (Lipinski definition) is 2. The molecule has 0 unspecified atom stereocenters. The van der Waals surface area contributed by atoms with Gasteiger partial charge in [0, 0.05) is 43.5 Å². The molecule has 27 heavy (non-hydrogen) atoms. The number of carbonyl (C=O) groups excluding carboxylic acids is 2. The largest absolute Gasteiger partial charge is 0.372 e. The summed E-state index contributed by atoms with van der Waals surface area (Å²) in [6.07, 6.45) is 2.33. The highest BCUT2D eigenvalue weighted by Gasteiger charge is 2.08. The molecule has 2 aromatic rings. The van der Waals surface area contributed by atoms with Crippen LogP contribution >= 0.6 is 0 Å². The molecular weight excluding hydrogens is 338 g/mol. The molecule has 0 radical (unpaired) electrons. The van der Waals surface area contributed by atoms with E-state index in [0.717, 1.165) is 36.4 Å². The van der Waals surface area contributed by atoms with Crippen molar-refractivity contribution in [1.29, 1.82) is 0 Å². The number of unbranched alkanes of at least 4 members (excludes halogenated alkanes) is 1. The van der Waals surface area contributed by atoms with Crippen LogP contribution in [0.15, 0.2) is 48.5 Å². The van der Waals surface area contributed by atoms with E-state index in [0.29, 0.717) is 12.1 Å². The Morgan fingerprint density at radius 2 is 1.78 bits per heavy atom. The van der Waals surface area contributed by atoms with E-state index in [4.69, 9.17) is 0 Å². The first-order valence-corrected chi connectivity index (χ1v) is 9.53. The van der Waals surface area contributed by atoms with E-state index in [1.165, 1.54) is 13.3 Å². The fraction of sp³-hybridized carbons (Fsp3) is 0.364. The van der Waals surface area contributed by atoms with E-state index in [1.807, 2.05) is 48.5 Å². The SMILES string of the molecule is CCCCN(CC)c1ccc(C(=O)NCc2cccc(NC(C)=O)c2)cc1. The molecule has 0 aromatic heterocycles. The predicted molar refractivity (Wildman–Crippen MR) is 111 cm³/mol. The third kappa shape index (κ3) is 6.44. The van der Waals surface area contributed by atoms with Gasteiger partial charge in [0.15, 0.2) is 0 Å². The van der Waals surface area contributed by atoms with Crippen LogP contribution in [0, 0.1) is 0 Å². The molecule has 5 heteroatoms. The van der Waals surface area contributed by atoms with Gasteiger partial charge in [0.05, 0.1) is 0 Å². The molecule has 0 saturated carbocycles. The van der Waals surface area contributed by atoms with Crippen LogP contribution in [0.25, 0.3) is 0 Å². The number of rotatable bonds is 9. The quantitative estimate of drug-likeness (QED) is 0.698. The summed E-state index contributed by atoms with van der Waals surface area (Å²) in [4.78, 5) is 25.9. The second-order valence-electron chi connectivity index (χ2n) is 6.54. The summed E-state index contributed by atoms with van der Waals surface area (Å²) in [5.41, 5.74) is 3.45. The first-order valence-electron chi connectivity index (χ1n) is 9.53. The second-order valence-corrected chi connectivity index (χ2v) is 6.54. The number of hydrogen-bond acceptors (Lipinski definition) is 3. The molecule has 2 amide bonds. The molecule has 144 valence electrons. The summed E-state index contributed by atoms with van der Waals surface area (Å²) in [6, 6.07) is 15.2. The number of anilines is 2. The highest BCUT2D eigenvalue weighted by atomic mass is 16.2. The Hall–Kier alpha value is -2.82. The Labute approximate surface area is 161 Å². The van der Waals surface area contributed by atoms with Crippen molar-refractivity contribution in [1.82, 2.24) is 5.32 Å². The van der Waals surface area contributed by atoms with Crippen LogP contribution in [-0.4, -0.2) is 24.9 Å². The fourth-order valence-corrected chi connectivity index (χ4v) is 2.89. The lowest BCUT2D eigenvalue weighted by Gasteiger charge is -2.23. The molecule has 5 nitrogen and oxygen atoms in total. The maximum atomic E-state index is 12.4. The third-order valence-corrected chi connectivity index (χ3v) is 4.36. The molecule has 2 aromatic carbocycles. The highest BCUT2D eigenvalue weighted by molar-refractivity contribution is 5.94. The van der Waals surface area contributed by atoms with Gasteiger partial charge in [-0.05, 0) is 55.3 Å². The van der Waals surface area contributed by atoms with Crippen molar-refractivity contribution in [2.75, 3.05) is 23.3 Å². The zero-order valence-corrected chi connectivity index (χ0v) is 16.4. The van der Waals surface area contributed by atoms with Gasteiger partial charge in [0.2, 0.25) is 5.91 Å². The number of amides is 2. The lowest BCUT2D eigenvalue weighted by molar-refractivity contribution is -0.114. The van der Waals surface area contributed by atoms with Crippen molar-refractivity contribution >= 4 is 23.2 Å². The zero-order chi connectivity index (χ0) is 19.6. The summed E-state index contributed by atoms with van der Waals surface area (Å²) in [5, 5.41) is 5.67. The average molecular weight is 367 g/mol. The van der Waals surface area contributed by atoms with Crippen LogP contribution in [0.2, 0.25) is 0 Å². The third-order valence-electron chi connectivity index (χ3n) is 4.36. The van der Waals surface area contributed by atoms with Gasteiger partial charge in [-0.2, -0.15) is 0 Å². The lowest BCUT2D eigenvalue weighted by Crippen LogP contribution is -2.25. The van der Waals surface area contributed by atoms with E-state index in [-0.39, 0.29) is 11.8 Å². The van der Waals surface area contributed by atoms with Crippen molar-refractivity contribution < 1.29 is 9.59 Å². The summed E-state index contributed by atoms with van der Waals surface area (Å²) >= 11 is 0. The lowest BCUT2D eigenvalue weighted by atomic mass is 10.1. The average Bonchev–Trinajstić information content (AvgIpc) is 2.67. The molecule has 0 heterocycles. The second kappa shape index (κ2) is 10.4. The Balaban J connectivity index is 1.95. The van der Waals surface area contributed by atoms with Crippen molar-refractivity contribution in [2.45, 2.75) is 40.2 Å². The minimum atomic E-state index is -0.115. The number of nitrogens with zero attached hydrogens (tertiary/aromatic N) is 1. The van der Waals surface area contributed by atoms with Gasteiger partial charge in [0.25, 0.3) is 5.91 Å². The molecular formula is C22H29N3O2. The van der Waals surface area contributed by atoms with Crippen molar-refractivity contribution in [3.05, 3.63) is 59.7 Å². The molecule has 0 fully saturated rings. The van der Waals surface area contributed by atoms with Crippen molar-refractivity contribution in [3.63, 3.8) is 0 Å². The monoisotopic (exact) mass is 367 g/mol. The first-order chi connectivity index (χ1) is 13.0. The van der Waals surface area contributed by atoms with Crippen LogP contribution < -0.4 is 15.5 Å². The minimum Gasteiger partial charge on any atom is -0.372 e. The van der Waals surface area contributed by atoms with E-state index in [9.17, 15) is 9.59 Å². The molecule has 0 aliphatic rings. The van der Waals surface area contributed by atoms with Gasteiger partial charge < -0.3 is 15.5 Å². The molecule has 0 aliphatic carbocycles. The minimum absolute atomic E-state index is 0.108. The number of carbonyl (C=O) groups is 2. The van der Waals surface area contributed by atoms with E-state index in [1.54, 1.807) is 0 Å². The summed E-state index contributed by atoms with van der Waals surface area (Å²) in [7, 11) is 0. The van der Waals surface area contributed by atoms with Gasteiger partial charge in [-0.1, -0.05) is 25.5 Å². The highest BCUT2D eigenvalue weighted by Crippen LogP contribution is 2.16. The first kappa shape index (κ1) is 20.5. The van der Waals surface area contributed by atoms with Gasteiger partial charge in [-0.15, -0.1) is 0 Å². The Kier molecular flexibility index (Phi) is 7.86. The topological polar surface area (TPSA) is 61.4 Å². The molecule has 2 rings (SSSR count). The van der Waals surface area contributed by atoms with Crippen molar-refractivity contribution in [2.24, 2.45) is 0 Å². The van der Waals surface area contributed by atoms with Crippen LogP contribution in [0.3, 0.4) is 0 Å². The smallest absolute Gasteiger partial charge is 0.251 e. The van der Waals surface area contributed by atoms with Crippen LogP contribution in [-0.2, 0) is 11.3 Å². The normalized spacial score (nSPS) is 10.3. The standard InChI is InChI=1S/C22H29N3O2/c1-4-6-14-25(5-2)21-12-10-19(11-13-21)22(27)23-16-18-8-7-9-20(15-18)24-17(3)26/h7-13,15H,4-6,14,16H2,1-3H3,(H,23,27)(H,24,26). The summed E-state index contributed by atoms with van der Waals surface area (Å²) in [6.45, 7) is 8.20. The van der Waals surface area contributed by atoms with Gasteiger partial charge in [-0.3, -0.25) is 9.59 Å². The zero-order valence-electron chi connectivity index (χ0n) is 16.4. The molecule has 0 bridgehead atoms. The predicted octanol–water partition coefficient (Wildman–Crippen LogP) is 4.20. The van der Waals surface area contributed by atoms with Gasteiger partial charge >= 0.3 is 0 Å². The van der Waals surface area contributed by atoms with Gasteiger partial charge in [-0.25, -0.2) is 0 Å². The summed E-state index contributed by atoms with van der Waals surface area (Å²) < 4.78 is 0. The maximum absolute atomic E-state index is 12.4. The Bertz CT molecular complexity index is 756. The van der Waals surface area contributed by atoms with E-state index >= 15 is 0 Å². The van der Waals surface area contributed by atoms with Gasteiger partial charge in [0.1, 0.15) is 0 Å². The van der Waals surface area contributed by atoms with Crippen molar-refractivity contribution in [3.8, 4) is 0 Å².